The third-order valence-corrected chi connectivity index (χ3v) is 7.12. The fourth-order valence-corrected chi connectivity index (χ4v) is 5.28. The van der Waals surface area contributed by atoms with Crippen LogP contribution < -0.4 is 4.74 Å². The summed E-state index contributed by atoms with van der Waals surface area (Å²) in [5.74, 6) is 1.16. The molecular weight excluding hydrogens is 404 g/mol. The molecule has 0 saturated carbocycles. The number of likely N-dealkylation sites (tertiary alicyclic amines) is 2. The summed E-state index contributed by atoms with van der Waals surface area (Å²) in [7, 11) is 1.63. The first-order valence-electron chi connectivity index (χ1n) is 11.7. The highest BCUT2D eigenvalue weighted by Crippen LogP contribution is 2.32. The molecule has 0 spiro atoms. The molecule has 1 aromatic heterocycles. The van der Waals surface area contributed by atoms with Gasteiger partial charge in [0.25, 0.3) is 5.91 Å². The lowest BCUT2D eigenvalue weighted by Gasteiger charge is -2.39. The number of hydrogen-bond acceptors (Lipinski definition) is 4. The van der Waals surface area contributed by atoms with Crippen molar-refractivity contribution in [2.75, 3.05) is 20.2 Å². The minimum Gasteiger partial charge on any atom is -0.496 e. The molecule has 1 N–H and O–H groups in total. The summed E-state index contributed by atoms with van der Waals surface area (Å²) in [6.45, 7) is 5.64. The van der Waals surface area contributed by atoms with E-state index in [4.69, 9.17) is 4.74 Å². The van der Waals surface area contributed by atoms with Crippen molar-refractivity contribution >= 4 is 11.8 Å². The monoisotopic (exact) mass is 438 g/mol. The van der Waals surface area contributed by atoms with E-state index in [1.807, 2.05) is 34.1 Å². The smallest absolute Gasteiger partial charge is 0.257 e. The van der Waals surface area contributed by atoms with E-state index in [2.05, 4.69) is 24.0 Å². The van der Waals surface area contributed by atoms with Crippen molar-refractivity contribution < 1.29 is 14.3 Å². The lowest BCUT2D eigenvalue weighted by atomic mass is 9.90. The number of para-hydroxylation sites is 1. The van der Waals surface area contributed by atoms with Crippen LogP contribution in [0.4, 0.5) is 0 Å². The zero-order valence-corrected chi connectivity index (χ0v) is 19.3. The van der Waals surface area contributed by atoms with Gasteiger partial charge in [-0.3, -0.25) is 14.7 Å². The van der Waals surface area contributed by atoms with Crippen LogP contribution in [0.15, 0.2) is 30.5 Å². The van der Waals surface area contributed by atoms with Crippen LogP contribution in [0.3, 0.4) is 0 Å². The van der Waals surface area contributed by atoms with Gasteiger partial charge in [-0.2, -0.15) is 5.10 Å². The molecule has 2 amide bonds. The maximum atomic E-state index is 13.4. The van der Waals surface area contributed by atoms with Crippen LogP contribution in [0, 0.1) is 0 Å². The zero-order chi connectivity index (χ0) is 22.7. The van der Waals surface area contributed by atoms with Crippen molar-refractivity contribution in [1.29, 1.82) is 0 Å². The van der Waals surface area contributed by atoms with E-state index in [-0.39, 0.29) is 29.8 Å². The van der Waals surface area contributed by atoms with Gasteiger partial charge in [0.15, 0.2) is 0 Å². The second kappa shape index (κ2) is 9.76. The summed E-state index contributed by atoms with van der Waals surface area (Å²) < 4.78 is 5.38. The Morgan fingerprint density at radius 1 is 1.09 bits per heavy atom. The summed E-state index contributed by atoms with van der Waals surface area (Å²) in [6, 6.07) is 8.17. The van der Waals surface area contributed by atoms with Gasteiger partial charge >= 0.3 is 0 Å². The van der Waals surface area contributed by atoms with Gasteiger partial charge in [0.1, 0.15) is 5.75 Å². The second-order valence-electron chi connectivity index (χ2n) is 9.18. The molecule has 2 aliphatic rings. The third-order valence-electron chi connectivity index (χ3n) is 7.12. The summed E-state index contributed by atoms with van der Waals surface area (Å²) in [5.41, 5.74) is 2.54. The fourth-order valence-electron chi connectivity index (χ4n) is 5.28. The van der Waals surface area contributed by atoms with Crippen LogP contribution in [0.5, 0.6) is 5.75 Å². The minimum atomic E-state index is 0.0862. The molecule has 2 unspecified atom stereocenters. The van der Waals surface area contributed by atoms with Crippen LogP contribution in [0.25, 0.3) is 0 Å². The molecular formula is C25H34N4O3. The SMILES string of the molecule is COc1ccccc1CC(=O)N1CCC(c2[nH]ncc2C(=O)N2C(C)CCCC2C)CC1. The first-order chi connectivity index (χ1) is 15.5. The lowest BCUT2D eigenvalue weighted by Crippen LogP contribution is -2.47. The lowest BCUT2D eigenvalue weighted by molar-refractivity contribution is -0.131. The van der Waals surface area contributed by atoms with E-state index in [0.717, 1.165) is 42.7 Å². The number of rotatable bonds is 5. The Morgan fingerprint density at radius 2 is 1.78 bits per heavy atom. The number of nitrogens with zero attached hydrogens (tertiary/aromatic N) is 3. The number of hydrogen-bond donors (Lipinski definition) is 1. The van der Waals surface area contributed by atoms with Gasteiger partial charge in [0.2, 0.25) is 5.91 Å². The Morgan fingerprint density at radius 3 is 2.47 bits per heavy atom. The molecule has 0 bridgehead atoms. The Hall–Kier alpha value is -2.83. The zero-order valence-electron chi connectivity index (χ0n) is 19.3. The summed E-state index contributed by atoms with van der Waals surface area (Å²) in [6.07, 6.45) is 6.95. The Balaban J connectivity index is 1.39. The second-order valence-corrected chi connectivity index (χ2v) is 9.18. The predicted molar refractivity (Wildman–Crippen MR) is 123 cm³/mol. The van der Waals surface area contributed by atoms with E-state index in [9.17, 15) is 9.59 Å². The molecule has 2 fully saturated rings. The third kappa shape index (κ3) is 4.52. The van der Waals surface area contributed by atoms with E-state index in [1.165, 1.54) is 6.42 Å². The minimum absolute atomic E-state index is 0.0862. The number of carbonyl (C=O) groups is 2. The van der Waals surface area contributed by atoms with Gasteiger partial charge in [-0.05, 0) is 52.0 Å². The van der Waals surface area contributed by atoms with Crippen molar-refractivity contribution in [3.05, 3.63) is 47.3 Å². The largest absolute Gasteiger partial charge is 0.496 e. The van der Waals surface area contributed by atoms with Gasteiger partial charge in [-0.1, -0.05) is 18.2 Å². The van der Waals surface area contributed by atoms with Crippen molar-refractivity contribution in [3.8, 4) is 5.75 Å². The predicted octanol–water partition coefficient (Wildman–Crippen LogP) is 3.77. The first-order valence-corrected chi connectivity index (χ1v) is 11.7. The number of methoxy groups -OCH3 is 1. The number of benzene rings is 1. The number of amides is 2. The van der Waals surface area contributed by atoms with Crippen LogP contribution in [0.2, 0.25) is 0 Å². The Labute approximate surface area is 190 Å². The number of H-pyrrole nitrogens is 1. The standard InChI is InChI=1S/C25H34N4O3/c1-17-7-6-8-18(2)29(17)25(31)21-16-26-27-24(21)19-11-13-28(14-12-19)23(30)15-20-9-4-5-10-22(20)32-3/h4-5,9-10,16-19H,6-8,11-15H2,1-3H3,(H,26,27). The van der Waals surface area contributed by atoms with Crippen molar-refractivity contribution in [2.45, 2.75) is 70.4 Å². The van der Waals surface area contributed by atoms with Crippen molar-refractivity contribution in [3.63, 3.8) is 0 Å². The average Bonchev–Trinajstić information content (AvgIpc) is 3.29. The van der Waals surface area contributed by atoms with Crippen LogP contribution >= 0.6 is 0 Å². The molecule has 1 aromatic carbocycles. The molecule has 2 aliphatic heterocycles. The average molecular weight is 439 g/mol. The van der Waals surface area contributed by atoms with Gasteiger partial charge in [0.05, 0.1) is 31.0 Å². The van der Waals surface area contributed by atoms with Gasteiger partial charge in [0, 0.05) is 36.7 Å². The van der Waals surface area contributed by atoms with E-state index >= 15 is 0 Å². The molecule has 32 heavy (non-hydrogen) atoms. The topological polar surface area (TPSA) is 78.5 Å². The summed E-state index contributed by atoms with van der Waals surface area (Å²) >= 11 is 0. The first kappa shape index (κ1) is 22.4. The van der Waals surface area contributed by atoms with E-state index in [1.54, 1.807) is 13.3 Å². The molecule has 7 heteroatoms. The molecule has 3 heterocycles. The van der Waals surface area contributed by atoms with Gasteiger partial charge < -0.3 is 14.5 Å². The Kier molecular flexibility index (Phi) is 6.82. The maximum Gasteiger partial charge on any atom is 0.257 e. The summed E-state index contributed by atoms with van der Waals surface area (Å²) in [5, 5.41) is 7.33. The number of piperidine rings is 2. The van der Waals surface area contributed by atoms with Gasteiger partial charge in [-0.15, -0.1) is 0 Å². The van der Waals surface area contributed by atoms with Crippen LogP contribution in [-0.4, -0.2) is 64.1 Å². The molecule has 7 nitrogen and oxygen atoms in total. The molecule has 172 valence electrons. The number of aromatic amines is 1. The number of carbonyl (C=O) groups excluding carboxylic acids is 2. The molecule has 4 rings (SSSR count). The van der Waals surface area contributed by atoms with Crippen molar-refractivity contribution in [1.82, 2.24) is 20.0 Å². The number of nitrogens with one attached hydrogen (secondary N) is 1. The summed E-state index contributed by atoms with van der Waals surface area (Å²) in [4.78, 5) is 30.2. The normalized spacial score (nSPS) is 22.1. The van der Waals surface area contributed by atoms with Crippen LogP contribution in [0.1, 0.15) is 73.5 Å². The molecule has 2 saturated heterocycles. The maximum absolute atomic E-state index is 13.4. The highest BCUT2D eigenvalue weighted by molar-refractivity contribution is 5.95. The van der Waals surface area contributed by atoms with E-state index < -0.39 is 0 Å². The van der Waals surface area contributed by atoms with Gasteiger partial charge in [-0.25, -0.2) is 0 Å². The quantitative estimate of drug-likeness (QED) is 0.771. The number of aromatic nitrogens is 2. The highest BCUT2D eigenvalue weighted by atomic mass is 16.5. The fraction of sp³-hybridized carbons (Fsp3) is 0.560. The molecule has 0 aliphatic carbocycles. The van der Waals surface area contributed by atoms with Crippen LogP contribution in [-0.2, 0) is 11.2 Å². The molecule has 2 aromatic rings. The van der Waals surface area contributed by atoms with E-state index in [0.29, 0.717) is 25.1 Å². The number of ether oxygens (including phenoxy) is 1. The van der Waals surface area contributed by atoms with Crippen molar-refractivity contribution in [2.24, 2.45) is 0 Å². The Bertz CT molecular complexity index is 938. The molecule has 2 atom stereocenters. The molecule has 0 radical (unpaired) electrons. The highest BCUT2D eigenvalue weighted by Gasteiger charge is 2.34.